The van der Waals surface area contributed by atoms with Gasteiger partial charge in [-0.05, 0) is 42.5 Å². The molecule has 3 aromatic rings. The number of amides is 2. The predicted octanol–water partition coefficient (Wildman–Crippen LogP) is 5.93. The average Bonchev–Trinajstić information content (AvgIpc) is 3.25. The lowest BCUT2D eigenvalue weighted by Crippen LogP contribution is -2.32. The Bertz CT molecular complexity index is 1210. The van der Waals surface area contributed by atoms with Gasteiger partial charge in [0.1, 0.15) is 0 Å². The van der Waals surface area contributed by atoms with Crippen molar-refractivity contribution < 1.29 is 9.59 Å². The number of nitrogens with one attached hydrogen (secondary N) is 2. The van der Waals surface area contributed by atoms with Gasteiger partial charge in [-0.2, -0.15) is 0 Å². The fourth-order valence-electron chi connectivity index (χ4n) is 3.81. The van der Waals surface area contributed by atoms with Crippen molar-refractivity contribution in [2.75, 3.05) is 11.1 Å². The lowest BCUT2D eigenvalue weighted by Gasteiger charge is -2.21. The molecule has 1 heterocycles. The van der Waals surface area contributed by atoms with Crippen molar-refractivity contribution in [1.82, 2.24) is 20.1 Å². The van der Waals surface area contributed by atoms with Crippen LogP contribution in [0.4, 0.5) is 5.69 Å². The number of carbonyl (C=O) groups is 2. The molecule has 0 saturated heterocycles. The van der Waals surface area contributed by atoms with E-state index in [1.54, 1.807) is 30.3 Å². The van der Waals surface area contributed by atoms with Crippen molar-refractivity contribution in [2.45, 2.75) is 51.4 Å². The zero-order valence-corrected chi connectivity index (χ0v) is 22.4. The first-order valence-electron chi connectivity index (χ1n) is 11.9. The van der Waals surface area contributed by atoms with Crippen molar-refractivity contribution in [3.8, 4) is 0 Å². The summed E-state index contributed by atoms with van der Waals surface area (Å²) in [7, 11) is 0. The molecule has 1 aromatic heterocycles. The fraction of sp³-hybridized carbons (Fsp3) is 0.333. The van der Waals surface area contributed by atoms with Crippen LogP contribution in [0.1, 0.15) is 55.0 Å². The highest BCUT2D eigenvalue weighted by atomic mass is 35.5. The average molecular weight is 526 g/mol. The number of nitrogens with zero attached hydrogens (tertiary/aromatic N) is 3. The minimum atomic E-state index is -0.388. The summed E-state index contributed by atoms with van der Waals surface area (Å²) in [6.07, 6.45) is 3.24. The molecule has 0 radical (unpaired) electrons. The van der Waals surface area contributed by atoms with Gasteiger partial charge in [0.05, 0.1) is 22.4 Å². The van der Waals surface area contributed by atoms with Crippen LogP contribution in [-0.2, 0) is 17.8 Å². The molecule has 36 heavy (non-hydrogen) atoms. The third-order valence-electron chi connectivity index (χ3n) is 5.50. The highest BCUT2D eigenvalue weighted by molar-refractivity contribution is 7.99. The monoisotopic (exact) mass is 525 g/mol. The van der Waals surface area contributed by atoms with Gasteiger partial charge in [0.2, 0.25) is 5.91 Å². The minimum Gasteiger partial charge on any atom is -0.342 e. The van der Waals surface area contributed by atoms with Crippen molar-refractivity contribution >= 4 is 40.9 Å². The molecule has 0 saturated carbocycles. The third kappa shape index (κ3) is 7.21. The van der Waals surface area contributed by atoms with Gasteiger partial charge in [-0.25, -0.2) is 0 Å². The van der Waals surface area contributed by atoms with Crippen molar-refractivity contribution in [2.24, 2.45) is 5.92 Å². The smallest absolute Gasteiger partial charge is 0.253 e. The molecule has 1 atom stereocenters. The largest absolute Gasteiger partial charge is 0.342 e. The van der Waals surface area contributed by atoms with Gasteiger partial charge in [-0.3, -0.25) is 9.59 Å². The summed E-state index contributed by atoms with van der Waals surface area (Å²) in [5, 5.41) is 15.8. The number of hydrogen-bond donors (Lipinski definition) is 2. The number of para-hydroxylation sites is 1. The number of halogens is 1. The number of aryl methyl sites for hydroxylation is 1. The molecule has 0 fully saturated rings. The van der Waals surface area contributed by atoms with Crippen LogP contribution in [0, 0.1) is 5.92 Å². The molecule has 190 valence electrons. The topological polar surface area (TPSA) is 88.9 Å². The van der Waals surface area contributed by atoms with E-state index in [1.165, 1.54) is 11.8 Å². The maximum atomic E-state index is 13.0. The summed E-state index contributed by atoms with van der Waals surface area (Å²) in [6.45, 7) is 10.5. The van der Waals surface area contributed by atoms with Gasteiger partial charge in [-0.1, -0.05) is 80.5 Å². The van der Waals surface area contributed by atoms with E-state index >= 15 is 0 Å². The molecule has 2 aromatic carbocycles. The van der Waals surface area contributed by atoms with Crippen LogP contribution < -0.4 is 10.6 Å². The van der Waals surface area contributed by atoms with Gasteiger partial charge < -0.3 is 15.2 Å². The summed E-state index contributed by atoms with van der Waals surface area (Å²) in [5.74, 6) is 0.678. The van der Waals surface area contributed by atoms with Crippen LogP contribution in [0.5, 0.6) is 0 Å². The van der Waals surface area contributed by atoms with E-state index in [0.717, 1.165) is 17.7 Å². The van der Waals surface area contributed by atoms with E-state index in [-0.39, 0.29) is 29.5 Å². The second-order valence-electron chi connectivity index (χ2n) is 8.72. The van der Waals surface area contributed by atoms with Crippen LogP contribution >= 0.6 is 23.4 Å². The Balaban J connectivity index is 1.78. The molecule has 2 amide bonds. The molecule has 9 heteroatoms. The normalized spacial score (nSPS) is 11.8. The zero-order chi connectivity index (χ0) is 26.1. The summed E-state index contributed by atoms with van der Waals surface area (Å²) in [5.41, 5.74) is 2.30. The minimum absolute atomic E-state index is 0.124. The summed E-state index contributed by atoms with van der Waals surface area (Å²) in [4.78, 5) is 25.7. The molecular formula is C27H32ClN5O2S. The number of thioether (sulfide) groups is 1. The van der Waals surface area contributed by atoms with E-state index in [2.05, 4.69) is 48.2 Å². The Labute approximate surface area is 221 Å². The lowest BCUT2D eigenvalue weighted by molar-refractivity contribution is -0.113. The van der Waals surface area contributed by atoms with E-state index < -0.39 is 0 Å². The van der Waals surface area contributed by atoms with E-state index in [4.69, 9.17) is 11.6 Å². The van der Waals surface area contributed by atoms with Crippen LogP contribution in [0.25, 0.3) is 0 Å². The SMILES string of the molecule is C=CCn1c(SCC(=O)Nc2ccccc2CC)nnc1[C@H](CC(C)C)NC(=O)c1ccccc1Cl. The van der Waals surface area contributed by atoms with Crippen molar-refractivity contribution in [3.63, 3.8) is 0 Å². The summed E-state index contributed by atoms with van der Waals surface area (Å²) in [6, 6.07) is 14.3. The first kappa shape index (κ1) is 27.5. The Kier molecular flexibility index (Phi) is 10.1. The summed E-state index contributed by atoms with van der Waals surface area (Å²) < 4.78 is 1.89. The number of aromatic nitrogens is 3. The predicted molar refractivity (Wildman–Crippen MR) is 147 cm³/mol. The highest BCUT2D eigenvalue weighted by Gasteiger charge is 2.25. The first-order valence-corrected chi connectivity index (χ1v) is 13.3. The zero-order valence-electron chi connectivity index (χ0n) is 20.8. The number of hydrogen-bond acceptors (Lipinski definition) is 5. The van der Waals surface area contributed by atoms with E-state index in [1.807, 2.05) is 28.8 Å². The molecule has 2 N–H and O–H groups in total. The molecule has 0 aliphatic heterocycles. The molecule has 0 unspecified atom stereocenters. The molecule has 0 aliphatic rings. The molecule has 0 bridgehead atoms. The number of anilines is 1. The van der Waals surface area contributed by atoms with Crippen molar-refractivity contribution in [1.29, 1.82) is 0 Å². The van der Waals surface area contributed by atoms with Crippen LogP contribution in [-0.4, -0.2) is 32.3 Å². The standard InChI is InChI=1S/C27H32ClN5O2S/c1-5-15-33-25(23(16-18(3)4)30-26(35)20-12-8-9-13-21(20)28)31-32-27(33)36-17-24(34)29-22-14-10-7-11-19(22)6-2/h5,7-14,18,23H,1,6,15-17H2,2-4H3,(H,29,34)(H,30,35)/t23-/m0/s1. The Morgan fingerprint density at radius 2 is 1.86 bits per heavy atom. The van der Waals surface area contributed by atoms with Crippen LogP contribution in [0.15, 0.2) is 66.3 Å². The Morgan fingerprint density at radius 3 is 2.56 bits per heavy atom. The lowest BCUT2D eigenvalue weighted by atomic mass is 10.0. The highest BCUT2D eigenvalue weighted by Crippen LogP contribution is 2.26. The Hall–Kier alpha value is -3.10. The number of carbonyl (C=O) groups excluding carboxylic acids is 2. The van der Waals surface area contributed by atoms with E-state index in [9.17, 15) is 9.59 Å². The summed E-state index contributed by atoms with van der Waals surface area (Å²) >= 11 is 7.54. The second kappa shape index (κ2) is 13.3. The maximum absolute atomic E-state index is 13.0. The third-order valence-corrected chi connectivity index (χ3v) is 6.80. The molecule has 7 nitrogen and oxygen atoms in total. The number of rotatable bonds is 12. The van der Waals surface area contributed by atoms with Gasteiger partial charge in [0.15, 0.2) is 11.0 Å². The molecule has 0 spiro atoms. The maximum Gasteiger partial charge on any atom is 0.253 e. The van der Waals surface area contributed by atoms with Gasteiger partial charge in [0, 0.05) is 12.2 Å². The van der Waals surface area contributed by atoms with Gasteiger partial charge in [-0.15, -0.1) is 16.8 Å². The van der Waals surface area contributed by atoms with E-state index in [0.29, 0.717) is 34.5 Å². The second-order valence-corrected chi connectivity index (χ2v) is 10.1. The van der Waals surface area contributed by atoms with Gasteiger partial charge >= 0.3 is 0 Å². The fourth-order valence-corrected chi connectivity index (χ4v) is 4.79. The van der Waals surface area contributed by atoms with Crippen LogP contribution in [0.3, 0.4) is 0 Å². The number of allylic oxidation sites excluding steroid dienone is 1. The van der Waals surface area contributed by atoms with Crippen molar-refractivity contribution in [3.05, 3.63) is 83.2 Å². The molecular weight excluding hydrogens is 494 g/mol. The molecule has 0 aliphatic carbocycles. The quantitative estimate of drug-likeness (QED) is 0.226. The first-order chi connectivity index (χ1) is 17.3. The van der Waals surface area contributed by atoms with Crippen LogP contribution in [0.2, 0.25) is 5.02 Å². The number of benzene rings is 2. The van der Waals surface area contributed by atoms with Gasteiger partial charge in [0.25, 0.3) is 5.91 Å². The Morgan fingerprint density at radius 1 is 1.14 bits per heavy atom. The molecule has 3 rings (SSSR count).